The Bertz CT molecular complexity index is 1060. The molecule has 2 aromatic carbocycles. The summed E-state index contributed by atoms with van der Waals surface area (Å²) < 4.78 is 0. The molecular formula is C21H16ClN5O2. The summed E-state index contributed by atoms with van der Waals surface area (Å²) in [6.07, 6.45) is 1.37. The summed E-state index contributed by atoms with van der Waals surface area (Å²) in [5.41, 5.74) is 2.34. The van der Waals surface area contributed by atoms with E-state index in [1.165, 1.54) is 12.4 Å². The van der Waals surface area contributed by atoms with Gasteiger partial charge in [0.25, 0.3) is 5.91 Å². The van der Waals surface area contributed by atoms with Crippen molar-refractivity contribution < 1.29 is 9.59 Å². The third-order valence-corrected chi connectivity index (χ3v) is 4.23. The number of halogens is 1. The van der Waals surface area contributed by atoms with Gasteiger partial charge in [0, 0.05) is 17.6 Å². The van der Waals surface area contributed by atoms with Gasteiger partial charge in [0.05, 0.1) is 18.1 Å². The van der Waals surface area contributed by atoms with Gasteiger partial charge in [-0.05, 0) is 35.4 Å². The van der Waals surface area contributed by atoms with Crippen molar-refractivity contribution in [1.29, 1.82) is 5.26 Å². The van der Waals surface area contributed by atoms with Crippen LogP contribution in [0.3, 0.4) is 0 Å². The Kier molecular flexibility index (Phi) is 6.51. The monoisotopic (exact) mass is 405 g/mol. The smallest absolute Gasteiger partial charge is 0.270 e. The van der Waals surface area contributed by atoms with E-state index in [9.17, 15) is 9.59 Å². The van der Waals surface area contributed by atoms with Gasteiger partial charge in [-0.15, -0.1) is 0 Å². The SMILES string of the molecule is N#Cc1ccc(CNC(=O)c2cc(NC(=O)Cc3ccc(Cl)cc3)ncn2)cc1. The molecule has 3 aromatic rings. The Morgan fingerprint density at radius 1 is 1.00 bits per heavy atom. The highest BCUT2D eigenvalue weighted by molar-refractivity contribution is 6.30. The van der Waals surface area contributed by atoms with Crippen LogP contribution in [0.2, 0.25) is 5.02 Å². The van der Waals surface area contributed by atoms with Gasteiger partial charge in [0.15, 0.2) is 0 Å². The van der Waals surface area contributed by atoms with Crippen LogP contribution in [0.25, 0.3) is 0 Å². The van der Waals surface area contributed by atoms with Gasteiger partial charge >= 0.3 is 0 Å². The number of nitriles is 1. The number of amides is 2. The van der Waals surface area contributed by atoms with Gasteiger partial charge in [-0.25, -0.2) is 9.97 Å². The molecule has 0 aliphatic carbocycles. The number of benzene rings is 2. The van der Waals surface area contributed by atoms with Crippen LogP contribution in [0.1, 0.15) is 27.2 Å². The molecule has 1 aromatic heterocycles. The van der Waals surface area contributed by atoms with Crippen LogP contribution in [0.15, 0.2) is 60.9 Å². The largest absolute Gasteiger partial charge is 0.347 e. The van der Waals surface area contributed by atoms with E-state index in [1.54, 1.807) is 48.5 Å². The molecule has 0 radical (unpaired) electrons. The first-order chi connectivity index (χ1) is 14.0. The van der Waals surface area contributed by atoms with Gasteiger partial charge < -0.3 is 10.6 Å². The summed E-state index contributed by atoms with van der Waals surface area (Å²) in [6, 6.07) is 17.3. The predicted molar refractivity (Wildman–Crippen MR) is 108 cm³/mol. The first kappa shape index (κ1) is 20.0. The van der Waals surface area contributed by atoms with E-state index >= 15 is 0 Å². The number of carbonyl (C=O) groups excluding carboxylic acids is 2. The third kappa shape index (κ3) is 5.86. The lowest BCUT2D eigenvalue weighted by Gasteiger charge is -2.07. The van der Waals surface area contributed by atoms with Crippen molar-refractivity contribution in [2.24, 2.45) is 0 Å². The second kappa shape index (κ2) is 9.44. The number of aromatic nitrogens is 2. The van der Waals surface area contributed by atoms with Crippen LogP contribution in [0.4, 0.5) is 5.82 Å². The molecule has 2 N–H and O–H groups in total. The van der Waals surface area contributed by atoms with Crippen LogP contribution in [0.5, 0.6) is 0 Å². The second-order valence-corrected chi connectivity index (χ2v) is 6.57. The number of hydrogen-bond acceptors (Lipinski definition) is 5. The summed E-state index contributed by atoms with van der Waals surface area (Å²) >= 11 is 5.84. The third-order valence-electron chi connectivity index (χ3n) is 3.98. The zero-order valence-corrected chi connectivity index (χ0v) is 16.0. The molecule has 0 saturated carbocycles. The zero-order chi connectivity index (χ0) is 20.6. The molecule has 0 aliphatic heterocycles. The Morgan fingerprint density at radius 2 is 1.69 bits per heavy atom. The quantitative estimate of drug-likeness (QED) is 0.655. The molecule has 0 atom stereocenters. The fourth-order valence-corrected chi connectivity index (χ4v) is 2.62. The molecule has 0 spiro atoms. The minimum atomic E-state index is -0.398. The Labute approximate surface area is 172 Å². The maximum atomic E-state index is 12.3. The molecule has 0 fully saturated rings. The summed E-state index contributed by atoms with van der Waals surface area (Å²) in [5, 5.41) is 14.8. The van der Waals surface area contributed by atoms with E-state index in [-0.39, 0.29) is 30.4 Å². The molecule has 8 heteroatoms. The van der Waals surface area contributed by atoms with Crippen molar-refractivity contribution in [1.82, 2.24) is 15.3 Å². The molecule has 2 amide bonds. The van der Waals surface area contributed by atoms with E-state index in [0.29, 0.717) is 10.6 Å². The van der Waals surface area contributed by atoms with Crippen LogP contribution >= 0.6 is 11.6 Å². The van der Waals surface area contributed by atoms with E-state index in [0.717, 1.165) is 11.1 Å². The lowest BCUT2D eigenvalue weighted by molar-refractivity contribution is -0.115. The first-order valence-corrected chi connectivity index (χ1v) is 9.05. The fourth-order valence-electron chi connectivity index (χ4n) is 2.49. The van der Waals surface area contributed by atoms with Gasteiger partial charge in [-0.2, -0.15) is 5.26 Å². The summed E-state index contributed by atoms with van der Waals surface area (Å²) in [7, 11) is 0. The van der Waals surface area contributed by atoms with Crippen LogP contribution < -0.4 is 10.6 Å². The molecule has 0 bridgehead atoms. The van der Waals surface area contributed by atoms with Gasteiger partial charge in [-0.1, -0.05) is 35.9 Å². The number of carbonyl (C=O) groups is 2. The van der Waals surface area contributed by atoms with Crippen LogP contribution in [-0.2, 0) is 17.8 Å². The van der Waals surface area contributed by atoms with E-state index in [2.05, 4.69) is 20.6 Å². The molecule has 0 aliphatic rings. The van der Waals surface area contributed by atoms with Gasteiger partial charge in [0.1, 0.15) is 17.8 Å². The Balaban J connectivity index is 1.57. The highest BCUT2D eigenvalue weighted by Gasteiger charge is 2.11. The van der Waals surface area contributed by atoms with E-state index < -0.39 is 5.91 Å². The Hall–Kier alpha value is -3.76. The summed E-state index contributed by atoms with van der Waals surface area (Å²) in [4.78, 5) is 32.4. The zero-order valence-electron chi connectivity index (χ0n) is 15.2. The van der Waals surface area contributed by atoms with Crippen LogP contribution in [0, 0.1) is 11.3 Å². The van der Waals surface area contributed by atoms with Gasteiger partial charge in [0.2, 0.25) is 5.91 Å². The number of nitrogens with zero attached hydrogens (tertiary/aromatic N) is 3. The molecule has 1 heterocycles. The van der Waals surface area contributed by atoms with Crippen molar-refractivity contribution in [3.63, 3.8) is 0 Å². The van der Waals surface area contributed by atoms with E-state index in [4.69, 9.17) is 16.9 Å². The molecule has 0 saturated heterocycles. The average molecular weight is 406 g/mol. The van der Waals surface area contributed by atoms with E-state index in [1.807, 2.05) is 6.07 Å². The van der Waals surface area contributed by atoms with Crippen LogP contribution in [-0.4, -0.2) is 21.8 Å². The van der Waals surface area contributed by atoms with Crippen molar-refractivity contribution in [3.8, 4) is 6.07 Å². The highest BCUT2D eigenvalue weighted by Crippen LogP contribution is 2.11. The first-order valence-electron chi connectivity index (χ1n) is 8.67. The lowest BCUT2D eigenvalue weighted by Crippen LogP contribution is -2.24. The lowest BCUT2D eigenvalue weighted by atomic mass is 10.1. The molecular weight excluding hydrogens is 390 g/mol. The molecule has 7 nitrogen and oxygen atoms in total. The standard InChI is InChI=1S/C21H16ClN5O2/c22-17-7-5-14(6-8-17)9-20(28)27-19-10-18(25-13-26-19)21(29)24-12-16-3-1-15(11-23)2-4-16/h1-8,10,13H,9,12H2,(H,24,29)(H,25,26,27,28). The summed E-state index contributed by atoms with van der Waals surface area (Å²) in [5.74, 6) is -0.428. The molecule has 144 valence electrons. The fraction of sp³-hybridized carbons (Fsp3) is 0.0952. The normalized spacial score (nSPS) is 10.1. The number of anilines is 1. The second-order valence-electron chi connectivity index (χ2n) is 6.13. The molecule has 29 heavy (non-hydrogen) atoms. The van der Waals surface area contributed by atoms with Crippen molar-refractivity contribution >= 4 is 29.2 Å². The number of hydrogen-bond donors (Lipinski definition) is 2. The van der Waals surface area contributed by atoms with Crippen molar-refractivity contribution in [3.05, 3.63) is 88.3 Å². The minimum Gasteiger partial charge on any atom is -0.347 e. The van der Waals surface area contributed by atoms with Crippen molar-refractivity contribution in [2.45, 2.75) is 13.0 Å². The average Bonchev–Trinajstić information content (AvgIpc) is 2.74. The maximum absolute atomic E-state index is 12.3. The summed E-state index contributed by atoms with van der Waals surface area (Å²) in [6.45, 7) is 0.285. The highest BCUT2D eigenvalue weighted by atomic mass is 35.5. The molecule has 0 unspecified atom stereocenters. The minimum absolute atomic E-state index is 0.135. The predicted octanol–water partition coefficient (Wildman–Crippen LogP) is 3.11. The topological polar surface area (TPSA) is 108 Å². The maximum Gasteiger partial charge on any atom is 0.270 e. The number of rotatable bonds is 6. The van der Waals surface area contributed by atoms with Gasteiger partial charge in [-0.3, -0.25) is 9.59 Å². The van der Waals surface area contributed by atoms with Crippen molar-refractivity contribution in [2.75, 3.05) is 5.32 Å². The Morgan fingerprint density at radius 3 is 2.38 bits per heavy atom. The molecule has 3 rings (SSSR count). The number of nitrogens with one attached hydrogen (secondary N) is 2.